The van der Waals surface area contributed by atoms with Crippen molar-refractivity contribution in [1.82, 2.24) is 10.3 Å². The molecule has 112 valence electrons. The summed E-state index contributed by atoms with van der Waals surface area (Å²) in [5.74, 6) is 0.873. The van der Waals surface area contributed by atoms with E-state index in [0.717, 1.165) is 23.0 Å². The quantitative estimate of drug-likeness (QED) is 0.938. The molecule has 0 fully saturated rings. The lowest BCUT2D eigenvalue weighted by Gasteiger charge is -2.20. The third-order valence-corrected chi connectivity index (χ3v) is 5.31. The number of ether oxygens (including phenoxy) is 1. The van der Waals surface area contributed by atoms with Gasteiger partial charge >= 0.3 is 0 Å². The van der Waals surface area contributed by atoms with Crippen molar-refractivity contribution in [2.45, 2.75) is 25.3 Å². The predicted molar refractivity (Wildman–Crippen MR) is 87.9 cm³/mol. The van der Waals surface area contributed by atoms with Gasteiger partial charge in [0.05, 0.1) is 18.5 Å². The molecule has 4 nitrogen and oxygen atoms in total. The van der Waals surface area contributed by atoms with Crippen molar-refractivity contribution in [3.63, 3.8) is 0 Å². The van der Waals surface area contributed by atoms with Crippen molar-refractivity contribution < 1.29 is 4.74 Å². The topological polar surface area (TPSA) is 37.4 Å². The fraction of sp³-hybridized carbons (Fsp3) is 0.438. The molecule has 1 N–H and O–H groups in total. The van der Waals surface area contributed by atoms with E-state index >= 15 is 0 Å². The van der Waals surface area contributed by atoms with Crippen molar-refractivity contribution in [2.24, 2.45) is 0 Å². The van der Waals surface area contributed by atoms with E-state index in [1.54, 1.807) is 18.4 Å². The molecule has 1 aromatic heterocycles. The van der Waals surface area contributed by atoms with E-state index in [9.17, 15) is 0 Å². The number of nitrogens with zero attached hydrogens (tertiary/aromatic N) is 2. The lowest BCUT2D eigenvalue weighted by molar-refractivity contribution is 0.415. The van der Waals surface area contributed by atoms with E-state index in [4.69, 9.17) is 9.72 Å². The van der Waals surface area contributed by atoms with Gasteiger partial charge in [-0.3, -0.25) is 0 Å². The molecule has 0 saturated carbocycles. The molecule has 1 heterocycles. The summed E-state index contributed by atoms with van der Waals surface area (Å²) in [5, 5.41) is 4.44. The lowest BCUT2D eigenvalue weighted by Crippen LogP contribution is -2.19. The maximum atomic E-state index is 5.46. The number of aryl methyl sites for hydroxylation is 1. The van der Waals surface area contributed by atoms with Crippen molar-refractivity contribution in [3.05, 3.63) is 34.8 Å². The zero-order valence-corrected chi connectivity index (χ0v) is 13.5. The summed E-state index contributed by atoms with van der Waals surface area (Å²) < 4.78 is 5.46. The van der Waals surface area contributed by atoms with E-state index < -0.39 is 0 Å². The highest BCUT2D eigenvalue weighted by Crippen LogP contribution is 2.40. The number of hydrogen-bond acceptors (Lipinski definition) is 5. The highest BCUT2D eigenvalue weighted by atomic mass is 32.1. The van der Waals surface area contributed by atoms with Gasteiger partial charge in [-0.1, -0.05) is 23.5 Å². The number of methoxy groups -OCH3 is 1. The fourth-order valence-corrected chi connectivity index (χ4v) is 4.07. The average Bonchev–Trinajstić information content (AvgIpc) is 2.98. The molecule has 1 unspecified atom stereocenters. The zero-order valence-electron chi connectivity index (χ0n) is 12.7. The van der Waals surface area contributed by atoms with E-state index in [0.29, 0.717) is 6.04 Å². The van der Waals surface area contributed by atoms with Gasteiger partial charge in [-0.25, -0.2) is 4.98 Å². The van der Waals surface area contributed by atoms with Gasteiger partial charge in [0.1, 0.15) is 5.75 Å². The molecule has 5 heteroatoms. The van der Waals surface area contributed by atoms with Crippen molar-refractivity contribution in [2.75, 3.05) is 26.1 Å². The van der Waals surface area contributed by atoms with Crippen LogP contribution in [0.4, 0.5) is 10.8 Å². The number of hydrogen-bond donors (Lipinski definition) is 1. The smallest absolute Gasteiger partial charge is 0.190 e. The first-order chi connectivity index (χ1) is 10.2. The van der Waals surface area contributed by atoms with Crippen LogP contribution in [-0.4, -0.2) is 26.2 Å². The monoisotopic (exact) mass is 303 g/mol. The van der Waals surface area contributed by atoms with Crippen LogP contribution >= 0.6 is 11.3 Å². The van der Waals surface area contributed by atoms with Crippen LogP contribution in [0.25, 0.3) is 0 Å². The van der Waals surface area contributed by atoms with Gasteiger partial charge in [0.2, 0.25) is 0 Å². The fourth-order valence-electron chi connectivity index (χ4n) is 2.84. The summed E-state index contributed by atoms with van der Waals surface area (Å²) in [6.45, 7) is 0. The van der Waals surface area contributed by atoms with Crippen molar-refractivity contribution in [3.8, 4) is 5.75 Å². The van der Waals surface area contributed by atoms with Gasteiger partial charge in [0.25, 0.3) is 0 Å². The van der Waals surface area contributed by atoms with E-state index in [1.807, 2.05) is 25.2 Å². The molecule has 0 aliphatic heterocycles. The minimum Gasteiger partial charge on any atom is -0.495 e. The van der Waals surface area contributed by atoms with Crippen LogP contribution in [-0.2, 0) is 6.42 Å². The predicted octanol–water partition coefficient (Wildman–Crippen LogP) is 3.52. The number of benzene rings is 1. The summed E-state index contributed by atoms with van der Waals surface area (Å²) in [4.78, 5) is 8.36. The molecule has 0 saturated heterocycles. The number of anilines is 2. The third-order valence-electron chi connectivity index (χ3n) is 4.02. The molecule has 0 radical (unpaired) electrons. The molecule has 21 heavy (non-hydrogen) atoms. The Morgan fingerprint density at radius 2 is 2.19 bits per heavy atom. The Hall–Kier alpha value is -1.59. The van der Waals surface area contributed by atoms with E-state index in [2.05, 4.69) is 23.3 Å². The maximum Gasteiger partial charge on any atom is 0.190 e. The molecule has 1 atom stereocenters. The Morgan fingerprint density at radius 1 is 1.38 bits per heavy atom. The van der Waals surface area contributed by atoms with Crippen LogP contribution in [0.5, 0.6) is 5.75 Å². The number of para-hydroxylation sites is 2. The molecule has 0 spiro atoms. The summed E-state index contributed by atoms with van der Waals surface area (Å²) in [6.07, 6.45) is 3.49. The van der Waals surface area contributed by atoms with E-state index in [-0.39, 0.29) is 0 Å². The van der Waals surface area contributed by atoms with Crippen LogP contribution in [0.3, 0.4) is 0 Å². The SMILES string of the molecule is CNC1CCCc2nc(N(C)c3ccccc3OC)sc21. The molecule has 1 aliphatic carbocycles. The van der Waals surface area contributed by atoms with Gasteiger partial charge in [0, 0.05) is 18.0 Å². The second-order valence-electron chi connectivity index (χ2n) is 5.27. The molecule has 2 aromatic rings. The molecule has 3 rings (SSSR count). The highest BCUT2D eigenvalue weighted by molar-refractivity contribution is 7.15. The standard InChI is InChI=1S/C16H21N3OS/c1-17-11-7-6-8-12-15(11)21-16(18-12)19(2)13-9-4-5-10-14(13)20-3/h4-5,9-11,17H,6-8H2,1-3H3. The Labute approximate surface area is 129 Å². The second-order valence-corrected chi connectivity index (χ2v) is 6.28. The maximum absolute atomic E-state index is 5.46. The minimum atomic E-state index is 0.450. The van der Waals surface area contributed by atoms with Crippen LogP contribution < -0.4 is 15.0 Å². The normalized spacial score (nSPS) is 17.4. The highest BCUT2D eigenvalue weighted by Gasteiger charge is 2.25. The van der Waals surface area contributed by atoms with Gasteiger partial charge in [0.15, 0.2) is 5.13 Å². The Morgan fingerprint density at radius 3 is 2.95 bits per heavy atom. The van der Waals surface area contributed by atoms with Crippen molar-refractivity contribution in [1.29, 1.82) is 0 Å². The minimum absolute atomic E-state index is 0.450. The summed E-state index contributed by atoms with van der Waals surface area (Å²) in [5.41, 5.74) is 2.30. The second kappa shape index (κ2) is 6.03. The van der Waals surface area contributed by atoms with Crippen LogP contribution in [0.15, 0.2) is 24.3 Å². The molecular formula is C16H21N3OS. The van der Waals surface area contributed by atoms with Crippen LogP contribution in [0.2, 0.25) is 0 Å². The summed E-state index contributed by atoms with van der Waals surface area (Å²) in [7, 11) is 5.79. The number of aromatic nitrogens is 1. The number of fused-ring (bicyclic) bond motifs is 1. The molecule has 1 aliphatic rings. The van der Waals surface area contributed by atoms with Gasteiger partial charge < -0.3 is 15.0 Å². The Kier molecular flexibility index (Phi) is 4.12. The Bertz CT molecular complexity index is 626. The first-order valence-corrected chi connectivity index (χ1v) is 8.10. The molecular weight excluding hydrogens is 282 g/mol. The molecule has 1 aromatic carbocycles. The Balaban J connectivity index is 1.95. The van der Waals surface area contributed by atoms with Gasteiger partial charge in [-0.15, -0.1) is 0 Å². The number of nitrogens with one attached hydrogen (secondary N) is 1. The average molecular weight is 303 g/mol. The molecule has 0 bridgehead atoms. The molecule has 0 amide bonds. The first-order valence-electron chi connectivity index (χ1n) is 7.28. The van der Waals surface area contributed by atoms with Crippen molar-refractivity contribution >= 4 is 22.2 Å². The van der Waals surface area contributed by atoms with E-state index in [1.165, 1.54) is 23.4 Å². The van der Waals surface area contributed by atoms with Crippen LogP contribution in [0.1, 0.15) is 29.5 Å². The number of thiazole rings is 1. The summed E-state index contributed by atoms with van der Waals surface area (Å²) >= 11 is 1.79. The largest absolute Gasteiger partial charge is 0.495 e. The zero-order chi connectivity index (χ0) is 14.8. The van der Waals surface area contributed by atoms with Crippen LogP contribution in [0, 0.1) is 0 Å². The number of rotatable bonds is 4. The summed E-state index contributed by atoms with van der Waals surface area (Å²) in [6, 6.07) is 8.51. The lowest BCUT2D eigenvalue weighted by atomic mass is 9.98. The third kappa shape index (κ3) is 2.63. The first kappa shape index (κ1) is 14.4. The van der Waals surface area contributed by atoms with Gasteiger partial charge in [-0.2, -0.15) is 0 Å². The van der Waals surface area contributed by atoms with Gasteiger partial charge in [-0.05, 0) is 38.4 Å².